The van der Waals surface area contributed by atoms with E-state index < -0.39 is 23.6 Å². The van der Waals surface area contributed by atoms with Gasteiger partial charge >= 0.3 is 0 Å². The summed E-state index contributed by atoms with van der Waals surface area (Å²) >= 11 is 3.40. The first-order valence-corrected chi connectivity index (χ1v) is 10.9. The number of fused-ring (bicyclic) bond motifs is 1. The van der Waals surface area contributed by atoms with Crippen molar-refractivity contribution in [1.29, 1.82) is 0 Å². The Labute approximate surface area is 189 Å². The van der Waals surface area contributed by atoms with Crippen molar-refractivity contribution in [1.82, 2.24) is 10.6 Å². The van der Waals surface area contributed by atoms with Crippen LogP contribution in [0.25, 0.3) is 0 Å². The largest absolute Gasteiger partial charge is 0.370 e. The maximum absolute atomic E-state index is 12.6. The van der Waals surface area contributed by atoms with Crippen molar-refractivity contribution in [3.8, 4) is 0 Å². The molecule has 4 rings (SSSR count). The van der Waals surface area contributed by atoms with E-state index in [2.05, 4.69) is 26.6 Å². The molecule has 0 unspecified atom stereocenters. The first-order valence-electron chi connectivity index (χ1n) is 10.2. The first kappa shape index (κ1) is 22.0. The Morgan fingerprint density at radius 2 is 1.74 bits per heavy atom. The zero-order valence-electron chi connectivity index (χ0n) is 17.4. The monoisotopic (exact) mass is 488 g/mol. The first-order chi connectivity index (χ1) is 14.8. The third kappa shape index (κ3) is 4.67. The van der Waals surface area contributed by atoms with Crippen molar-refractivity contribution >= 4 is 27.7 Å². The van der Waals surface area contributed by atoms with E-state index in [0.717, 1.165) is 4.47 Å². The van der Waals surface area contributed by atoms with Crippen molar-refractivity contribution in [3.05, 3.63) is 70.2 Å². The Hall–Kier alpha value is -2.26. The Bertz CT molecular complexity index is 967. The van der Waals surface area contributed by atoms with Gasteiger partial charge in [-0.1, -0.05) is 30.3 Å². The molecule has 2 heterocycles. The van der Waals surface area contributed by atoms with Crippen molar-refractivity contribution in [2.24, 2.45) is 0 Å². The SMILES string of the molecule is CC1(C)O[C@@H]2[C@@H](CNC(=O)c3ccccc3Br)OC[C@]2(CNC(=O)c2ccccc2)O1. The molecule has 0 aromatic heterocycles. The van der Waals surface area contributed by atoms with Crippen LogP contribution < -0.4 is 10.6 Å². The van der Waals surface area contributed by atoms with Crippen LogP contribution in [0.3, 0.4) is 0 Å². The minimum Gasteiger partial charge on any atom is -0.370 e. The van der Waals surface area contributed by atoms with Crippen molar-refractivity contribution in [2.75, 3.05) is 19.7 Å². The molecule has 0 saturated carbocycles. The fourth-order valence-electron chi connectivity index (χ4n) is 4.06. The Morgan fingerprint density at radius 1 is 1.03 bits per heavy atom. The summed E-state index contributed by atoms with van der Waals surface area (Å²) in [5.41, 5.74) is 0.298. The maximum atomic E-state index is 12.6. The topological polar surface area (TPSA) is 85.9 Å². The molecule has 7 nitrogen and oxygen atoms in total. The molecule has 2 aromatic rings. The molecule has 2 aromatic carbocycles. The molecule has 2 fully saturated rings. The van der Waals surface area contributed by atoms with Crippen LogP contribution in [0, 0.1) is 0 Å². The van der Waals surface area contributed by atoms with Gasteiger partial charge in [-0.2, -0.15) is 0 Å². The summed E-state index contributed by atoms with van der Waals surface area (Å²) in [5, 5.41) is 5.85. The number of hydrogen-bond acceptors (Lipinski definition) is 5. The second-order valence-electron chi connectivity index (χ2n) is 8.19. The Morgan fingerprint density at radius 3 is 2.48 bits per heavy atom. The van der Waals surface area contributed by atoms with Crippen LogP contribution in [0.4, 0.5) is 0 Å². The summed E-state index contributed by atoms with van der Waals surface area (Å²) < 4.78 is 19.0. The van der Waals surface area contributed by atoms with E-state index in [1.54, 1.807) is 18.2 Å². The van der Waals surface area contributed by atoms with Crippen LogP contribution >= 0.6 is 15.9 Å². The lowest BCUT2D eigenvalue weighted by atomic mass is 9.96. The number of hydrogen-bond donors (Lipinski definition) is 2. The van der Waals surface area contributed by atoms with Crippen LogP contribution in [-0.2, 0) is 14.2 Å². The van der Waals surface area contributed by atoms with Gasteiger partial charge in [-0.15, -0.1) is 0 Å². The summed E-state index contributed by atoms with van der Waals surface area (Å²) in [6.07, 6.45) is -0.833. The van der Waals surface area contributed by atoms with E-state index in [4.69, 9.17) is 14.2 Å². The molecule has 0 aliphatic carbocycles. The minimum absolute atomic E-state index is 0.187. The van der Waals surface area contributed by atoms with Crippen molar-refractivity contribution < 1.29 is 23.8 Å². The van der Waals surface area contributed by atoms with Gasteiger partial charge < -0.3 is 24.8 Å². The standard InChI is InChI=1S/C23H25BrN2O5/c1-22(2)30-19-18(12-25-21(28)16-10-6-7-11-17(16)24)29-14-23(19,31-22)13-26-20(27)15-8-4-3-5-9-15/h3-11,18-19H,12-14H2,1-2H3,(H,25,28)(H,26,27)/t18-,19-,23+/m1/s1. The van der Waals surface area contributed by atoms with E-state index in [1.807, 2.05) is 50.2 Å². The molecule has 8 heteroatoms. The summed E-state index contributed by atoms with van der Waals surface area (Å²) in [6.45, 7) is 4.43. The molecule has 3 atom stereocenters. The van der Waals surface area contributed by atoms with E-state index in [-0.39, 0.29) is 31.5 Å². The van der Waals surface area contributed by atoms with Gasteiger partial charge in [-0.3, -0.25) is 9.59 Å². The normalized spacial score (nSPS) is 26.3. The highest BCUT2D eigenvalue weighted by Gasteiger charge is 2.61. The van der Waals surface area contributed by atoms with Crippen LogP contribution in [0.2, 0.25) is 0 Å². The number of rotatable bonds is 6. The Kier molecular flexibility index (Phi) is 6.16. The van der Waals surface area contributed by atoms with Crippen molar-refractivity contribution in [3.63, 3.8) is 0 Å². The van der Waals surface area contributed by atoms with Crippen LogP contribution in [0.15, 0.2) is 59.1 Å². The van der Waals surface area contributed by atoms with Gasteiger partial charge in [0, 0.05) is 16.6 Å². The molecular formula is C23H25BrN2O5. The van der Waals surface area contributed by atoms with Crippen LogP contribution in [0.5, 0.6) is 0 Å². The number of nitrogens with one attached hydrogen (secondary N) is 2. The maximum Gasteiger partial charge on any atom is 0.252 e. The third-order valence-corrected chi connectivity index (χ3v) is 6.12. The van der Waals surface area contributed by atoms with Gasteiger partial charge in [0.25, 0.3) is 11.8 Å². The number of amides is 2. The number of benzene rings is 2. The Balaban J connectivity index is 1.42. The quantitative estimate of drug-likeness (QED) is 0.652. The highest BCUT2D eigenvalue weighted by atomic mass is 79.9. The van der Waals surface area contributed by atoms with Crippen LogP contribution in [0.1, 0.15) is 34.6 Å². The molecule has 2 aliphatic rings. The molecule has 164 valence electrons. The van der Waals surface area contributed by atoms with E-state index in [0.29, 0.717) is 11.1 Å². The molecule has 0 spiro atoms. The summed E-state index contributed by atoms with van der Waals surface area (Å²) in [4.78, 5) is 25.1. The predicted molar refractivity (Wildman–Crippen MR) is 118 cm³/mol. The molecule has 0 bridgehead atoms. The van der Waals surface area contributed by atoms with Gasteiger partial charge in [0.15, 0.2) is 5.79 Å². The number of ether oxygens (including phenoxy) is 3. The molecule has 0 radical (unpaired) electrons. The van der Waals surface area contributed by atoms with Gasteiger partial charge in [-0.25, -0.2) is 0 Å². The zero-order valence-corrected chi connectivity index (χ0v) is 19.0. The lowest BCUT2D eigenvalue weighted by Gasteiger charge is -2.27. The van der Waals surface area contributed by atoms with E-state index in [1.165, 1.54) is 0 Å². The third-order valence-electron chi connectivity index (χ3n) is 5.42. The van der Waals surface area contributed by atoms with Crippen LogP contribution in [-0.4, -0.2) is 55.1 Å². The number of carbonyl (C=O) groups excluding carboxylic acids is 2. The zero-order chi connectivity index (χ0) is 22.1. The molecular weight excluding hydrogens is 464 g/mol. The second-order valence-corrected chi connectivity index (χ2v) is 9.05. The van der Waals surface area contributed by atoms with Gasteiger partial charge in [-0.05, 0) is 54.0 Å². The summed E-state index contributed by atoms with van der Waals surface area (Å²) in [5.74, 6) is -1.21. The van der Waals surface area contributed by atoms with Crippen molar-refractivity contribution in [2.45, 2.75) is 37.4 Å². The van der Waals surface area contributed by atoms with E-state index >= 15 is 0 Å². The minimum atomic E-state index is -0.823. The summed E-state index contributed by atoms with van der Waals surface area (Å²) in [6, 6.07) is 16.2. The lowest BCUT2D eigenvalue weighted by Crippen LogP contribution is -2.52. The second kappa shape index (κ2) is 8.70. The highest BCUT2D eigenvalue weighted by Crippen LogP contribution is 2.43. The van der Waals surface area contributed by atoms with Gasteiger partial charge in [0.2, 0.25) is 0 Å². The summed E-state index contributed by atoms with van der Waals surface area (Å²) in [7, 11) is 0. The number of carbonyl (C=O) groups is 2. The average Bonchev–Trinajstić information content (AvgIpc) is 3.21. The molecule has 2 saturated heterocycles. The molecule has 31 heavy (non-hydrogen) atoms. The molecule has 2 amide bonds. The average molecular weight is 489 g/mol. The number of halogens is 1. The fourth-order valence-corrected chi connectivity index (χ4v) is 4.52. The van der Waals surface area contributed by atoms with Gasteiger partial charge in [0.1, 0.15) is 17.8 Å². The lowest BCUT2D eigenvalue weighted by molar-refractivity contribution is -0.188. The smallest absolute Gasteiger partial charge is 0.252 e. The molecule has 2 N–H and O–H groups in total. The van der Waals surface area contributed by atoms with E-state index in [9.17, 15) is 9.59 Å². The van der Waals surface area contributed by atoms with Gasteiger partial charge in [0.05, 0.1) is 18.7 Å². The predicted octanol–water partition coefficient (Wildman–Crippen LogP) is 2.90. The fraction of sp³-hybridized carbons (Fsp3) is 0.391. The highest BCUT2D eigenvalue weighted by molar-refractivity contribution is 9.10. The molecule has 2 aliphatic heterocycles.